The van der Waals surface area contributed by atoms with Crippen LogP contribution in [0.4, 0.5) is 0 Å². The van der Waals surface area contributed by atoms with Crippen molar-refractivity contribution in [2.45, 2.75) is 31.6 Å². The number of aromatic carboxylic acids is 1. The second kappa shape index (κ2) is 9.65. The fourth-order valence-electron chi connectivity index (χ4n) is 3.90. The lowest BCUT2D eigenvalue weighted by Gasteiger charge is -2.34. The Morgan fingerprint density at radius 2 is 1.57 bits per heavy atom. The third kappa shape index (κ3) is 5.12. The monoisotopic (exact) mass is 402 g/mol. The topological polar surface area (TPSA) is 62.7 Å². The van der Waals surface area contributed by atoms with Crippen molar-refractivity contribution in [3.8, 4) is 0 Å². The Hall–Kier alpha value is -3.02. The number of piperidine rings is 1. The number of carboxylic acid groups (broad SMARTS) is 1. The van der Waals surface area contributed by atoms with E-state index >= 15 is 0 Å². The van der Waals surface area contributed by atoms with Gasteiger partial charge in [0.25, 0.3) is 0 Å². The molecule has 1 aliphatic heterocycles. The molecule has 1 aliphatic rings. The third-order valence-corrected chi connectivity index (χ3v) is 5.52. The molecule has 0 saturated carbocycles. The van der Waals surface area contributed by atoms with Crippen LogP contribution in [0.2, 0.25) is 0 Å². The Bertz CT molecular complexity index is 898. The predicted octanol–water partition coefficient (Wildman–Crippen LogP) is 4.55. The smallest absolute Gasteiger partial charge is 0.354 e. The Morgan fingerprint density at radius 1 is 0.967 bits per heavy atom. The standard InChI is InChI=1S/C25H26N2O3/c28-25(29)23-12-11-19(17-26-23)18-27-15-13-22(14-16-27)30-24(20-7-3-1-4-8-20)21-9-5-2-6-10-21/h1-12,17,22,24H,13-16,18H2,(H,28,29). The number of benzene rings is 2. The highest BCUT2D eigenvalue weighted by molar-refractivity contribution is 5.85. The molecule has 1 fully saturated rings. The minimum atomic E-state index is -0.995. The average Bonchev–Trinajstić information content (AvgIpc) is 2.80. The zero-order valence-corrected chi connectivity index (χ0v) is 16.9. The molecule has 0 aliphatic carbocycles. The van der Waals surface area contributed by atoms with E-state index < -0.39 is 5.97 Å². The maximum absolute atomic E-state index is 10.9. The van der Waals surface area contributed by atoms with E-state index in [0.717, 1.165) is 38.0 Å². The summed E-state index contributed by atoms with van der Waals surface area (Å²) >= 11 is 0. The van der Waals surface area contributed by atoms with Gasteiger partial charge in [-0.25, -0.2) is 9.78 Å². The molecule has 0 radical (unpaired) electrons. The number of likely N-dealkylation sites (tertiary alicyclic amines) is 1. The van der Waals surface area contributed by atoms with Crippen molar-refractivity contribution >= 4 is 5.97 Å². The summed E-state index contributed by atoms with van der Waals surface area (Å²) in [6.07, 6.45) is 3.75. The number of hydrogen-bond acceptors (Lipinski definition) is 4. The summed E-state index contributed by atoms with van der Waals surface area (Å²) in [6, 6.07) is 24.2. The maximum Gasteiger partial charge on any atom is 0.354 e. The summed E-state index contributed by atoms with van der Waals surface area (Å²) in [4.78, 5) is 17.3. The summed E-state index contributed by atoms with van der Waals surface area (Å²) in [5.41, 5.74) is 3.47. The molecule has 2 heterocycles. The second-order valence-electron chi connectivity index (χ2n) is 7.67. The molecule has 30 heavy (non-hydrogen) atoms. The molecule has 5 heteroatoms. The van der Waals surface area contributed by atoms with Crippen molar-refractivity contribution in [1.82, 2.24) is 9.88 Å². The van der Waals surface area contributed by atoms with Gasteiger partial charge in [0.05, 0.1) is 6.10 Å². The van der Waals surface area contributed by atoms with Crippen LogP contribution in [0.15, 0.2) is 79.0 Å². The predicted molar refractivity (Wildman–Crippen MR) is 115 cm³/mol. The average molecular weight is 402 g/mol. The molecule has 0 bridgehead atoms. The van der Waals surface area contributed by atoms with E-state index in [1.807, 2.05) is 18.2 Å². The lowest BCUT2D eigenvalue weighted by molar-refractivity contribution is -0.0281. The summed E-state index contributed by atoms with van der Waals surface area (Å²) < 4.78 is 6.60. The number of rotatable bonds is 7. The Labute approximate surface area is 177 Å². The summed E-state index contributed by atoms with van der Waals surface area (Å²) in [5, 5.41) is 8.98. The van der Waals surface area contributed by atoms with E-state index in [9.17, 15) is 4.79 Å². The molecule has 4 rings (SSSR count). The molecule has 0 atom stereocenters. The van der Waals surface area contributed by atoms with Crippen LogP contribution >= 0.6 is 0 Å². The van der Waals surface area contributed by atoms with E-state index in [2.05, 4.69) is 58.4 Å². The molecule has 0 spiro atoms. The van der Waals surface area contributed by atoms with Gasteiger partial charge in [0, 0.05) is 25.8 Å². The number of carboxylic acids is 1. The van der Waals surface area contributed by atoms with E-state index in [1.165, 1.54) is 11.1 Å². The highest BCUT2D eigenvalue weighted by Gasteiger charge is 2.24. The van der Waals surface area contributed by atoms with E-state index in [-0.39, 0.29) is 17.9 Å². The number of nitrogens with zero attached hydrogens (tertiary/aromatic N) is 2. The molecule has 0 unspecified atom stereocenters. The van der Waals surface area contributed by atoms with Crippen LogP contribution < -0.4 is 0 Å². The zero-order chi connectivity index (χ0) is 20.8. The molecule has 3 aromatic rings. The van der Waals surface area contributed by atoms with Gasteiger partial charge in [0.2, 0.25) is 0 Å². The lowest BCUT2D eigenvalue weighted by Crippen LogP contribution is -2.37. The largest absolute Gasteiger partial charge is 0.477 e. The second-order valence-corrected chi connectivity index (χ2v) is 7.67. The maximum atomic E-state index is 10.9. The molecular formula is C25H26N2O3. The van der Waals surface area contributed by atoms with Crippen LogP contribution in [0.1, 0.15) is 46.1 Å². The first kappa shape index (κ1) is 20.3. The quantitative estimate of drug-likeness (QED) is 0.628. The first-order valence-electron chi connectivity index (χ1n) is 10.3. The lowest BCUT2D eigenvalue weighted by atomic mass is 10.00. The molecule has 154 valence electrons. The zero-order valence-electron chi connectivity index (χ0n) is 16.9. The van der Waals surface area contributed by atoms with Gasteiger partial charge in [0.15, 0.2) is 0 Å². The van der Waals surface area contributed by atoms with Crippen LogP contribution in [0.25, 0.3) is 0 Å². The SMILES string of the molecule is O=C(O)c1ccc(CN2CCC(OC(c3ccccc3)c3ccccc3)CC2)cn1. The molecule has 1 N–H and O–H groups in total. The number of aromatic nitrogens is 1. The van der Waals surface area contributed by atoms with Crippen molar-refractivity contribution in [2.75, 3.05) is 13.1 Å². The molecule has 5 nitrogen and oxygen atoms in total. The fourth-order valence-corrected chi connectivity index (χ4v) is 3.90. The number of carbonyl (C=O) groups is 1. The molecule has 0 amide bonds. The van der Waals surface area contributed by atoms with E-state index in [1.54, 1.807) is 12.3 Å². The van der Waals surface area contributed by atoms with E-state index in [0.29, 0.717) is 0 Å². The minimum absolute atomic E-state index is 0.0586. The van der Waals surface area contributed by atoms with Gasteiger partial charge in [-0.1, -0.05) is 66.7 Å². The van der Waals surface area contributed by atoms with Crippen LogP contribution in [-0.4, -0.2) is 40.2 Å². The summed E-state index contributed by atoms with van der Waals surface area (Å²) in [6.45, 7) is 2.67. The van der Waals surface area contributed by atoms with Crippen molar-refractivity contribution in [2.24, 2.45) is 0 Å². The van der Waals surface area contributed by atoms with Crippen molar-refractivity contribution in [1.29, 1.82) is 0 Å². The Morgan fingerprint density at radius 3 is 2.07 bits per heavy atom. The van der Waals surface area contributed by atoms with Crippen LogP contribution in [0.5, 0.6) is 0 Å². The molecular weight excluding hydrogens is 376 g/mol. The van der Waals surface area contributed by atoms with Crippen molar-refractivity contribution in [3.63, 3.8) is 0 Å². The first-order valence-corrected chi connectivity index (χ1v) is 10.3. The first-order chi connectivity index (χ1) is 14.7. The van der Waals surface area contributed by atoms with Crippen LogP contribution in [0.3, 0.4) is 0 Å². The number of pyridine rings is 1. The minimum Gasteiger partial charge on any atom is -0.477 e. The summed E-state index contributed by atoms with van der Waals surface area (Å²) in [7, 11) is 0. The fraction of sp³-hybridized carbons (Fsp3) is 0.280. The van der Waals surface area contributed by atoms with Crippen molar-refractivity contribution in [3.05, 3.63) is 101 Å². The molecule has 1 aromatic heterocycles. The van der Waals surface area contributed by atoms with Gasteiger partial charge in [-0.3, -0.25) is 4.90 Å². The number of hydrogen-bond donors (Lipinski definition) is 1. The van der Waals surface area contributed by atoms with Crippen LogP contribution in [0, 0.1) is 0 Å². The summed E-state index contributed by atoms with van der Waals surface area (Å²) in [5.74, 6) is -0.995. The Kier molecular flexibility index (Phi) is 6.52. The van der Waals surface area contributed by atoms with Gasteiger partial charge in [-0.15, -0.1) is 0 Å². The molecule has 1 saturated heterocycles. The van der Waals surface area contributed by atoms with Gasteiger partial charge in [-0.05, 0) is 35.6 Å². The normalized spacial score (nSPS) is 15.4. The molecule has 2 aromatic carbocycles. The number of ether oxygens (including phenoxy) is 1. The van der Waals surface area contributed by atoms with Gasteiger partial charge >= 0.3 is 5.97 Å². The van der Waals surface area contributed by atoms with Gasteiger partial charge < -0.3 is 9.84 Å². The van der Waals surface area contributed by atoms with Crippen molar-refractivity contribution < 1.29 is 14.6 Å². The van der Waals surface area contributed by atoms with E-state index in [4.69, 9.17) is 9.84 Å². The highest BCUT2D eigenvalue weighted by Crippen LogP contribution is 2.30. The van der Waals surface area contributed by atoms with Gasteiger partial charge in [-0.2, -0.15) is 0 Å². The third-order valence-electron chi connectivity index (χ3n) is 5.52. The Balaban J connectivity index is 1.36. The van der Waals surface area contributed by atoms with Gasteiger partial charge in [0.1, 0.15) is 11.8 Å². The van der Waals surface area contributed by atoms with Crippen LogP contribution in [-0.2, 0) is 11.3 Å². The highest BCUT2D eigenvalue weighted by atomic mass is 16.5.